The number of benzene rings is 2. The zero-order valence-electron chi connectivity index (χ0n) is 16.2. The van der Waals surface area contributed by atoms with Crippen LogP contribution in [0.5, 0.6) is 0 Å². The lowest BCUT2D eigenvalue weighted by molar-refractivity contribution is 0.102. The highest BCUT2D eigenvalue weighted by molar-refractivity contribution is 7.92. The van der Waals surface area contributed by atoms with Crippen LogP contribution in [0.15, 0.2) is 59.5 Å². The first kappa shape index (κ1) is 21.7. The maximum absolute atomic E-state index is 14.3. The first-order valence-electron chi connectivity index (χ1n) is 9.05. The molecule has 1 amide bonds. The molecule has 0 saturated carbocycles. The molecule has 0 aliphatic rings. The number of amides is 1. The van der Waals surface area contributed by atoms with E-state index in [1.807, 2.05) is 6.92 Å². The van der Waals surface area contributed by atoms with Gasteiger partial charge in [0.15, 0.2) is 0 Å². The lowest BCUT2D eigenvalue weighted by Gasteiger charge is -2.12. The molecule has 30 heavy (non-hydrogen) atoms. The number of hydrogen-bond donors (Lipinski definition) is 2. The van der Waals surface area contributed by atoms with Crippen molar-refractivity contribution in [1.82, 2.24) is 4.98 Å². The summed E-state index contributed by atoms with van der Waals surface area (Å²) in [7, 11) is -4.23. The molecule has 0 aliphatic heterocycles. The minimum Gasteiger partial charge on any atom is -0.322 e. The molecule has 0 bridgehead atoms. The van der Waals surface area contributed by atoms with Crippen LogP contribution in [0.1, 0.15) is 28.7 Å². The van der Waals surface area contributed by atoms with Gasteiger partial charge in [0.1, 0.15) is 10.7 Å². The number of anilines is 2. The monoisotopic (exact) mass is 447 g/mol. The summed E-state index contributed by atoms with van der Waals surface area (Å²) < 4.78 is 41.8. The number of halogens is 2. The fourth-order valence-corrected chi connectivity index (χ4v) is 4.06. The molecule has 9 heteroatoms. The van der Waals surface area contributed by atoms with Crippen molar-refractivity contribution in [1.29, 1.82) is 0 Å². The highest BCUT2D eigenvalue weighted by Gasteiger charge is 2.21. The second-order valence-electron chi connectivity index (χ2n) is 6.55. The zero-order valence-corrected chi connectivity index (χ0v) is 17.8. The Bertz CT molecular complexity index is 1200. The van der Waals surface area contributed by atoms with Crippen molar-refractivity contribution in [2.75, 3.05) is 10.0 Å². The largest absolute Gasteiger partial charge is 0.322 e. The van der Waals surface area contributed by atoms with E-state index in [2.05, 4.69) is 15.0 Å². The number of carbonyl (C=O) groups is 1. The third-order valence-electron chi connectivity index (χ3n) is 4.21. The number of hydrogen-bond acceptors (Lipinski definition) is 4. The van der Waals surface area contributed by atoms with Gasteiger partial charge in [-0.1, -0.05) is 18.5 Å². The number of sulfonamides is 1. The number of pyridine rings is 1. The van der Waals surface area contributed by atoms with Gasteiger partial charge >= 0.3 is 0 Å². The second kappa shape index (κ2) is 8.81. The minimum absolute atomic E-state index is 0.144. The molecule has 0 radical (unpaired) electrons. The molecule has 0 saturated heterocycles. The molecule has 0 spiro atoms. The van der Waals surface area contributed by atoms with Gasteiger partial charge < -0.3 is 5.32 Å². The fraction of sp³-hybridized carbons (Fsp3) is 0.143. The molecule has 6 nitrogen and oxygen atoms in total. The summed E-state index contributed by atoms with van der Waals surface area (Å²) in [4.78, 5) is 16.3. The average molecular weight is 448 g/mol. The summed E-state index contributed by atoms with van der Waals surface area (Å²) in [6.45, 7) is 3.70. The average Bonchev–Trinajstić information content (AvgIpc) is 2.70. The van der Waals surface area contributed by atoms with Crippen molar-refractivity contribution >= 4 is 38.9 Å². The molecule has 0 aliphatic carbocycles. The number of nitrogens with one attached hydrogen (secondary N) is 2. The van der Waals surface area contributed by atoms with E-state index in [4.69, 9.17) is 11.6 Å². The van der Waals surface area contributed by atoms with Gasteiger partial charge in [-0.25, -0.2) is 12.8 Å². The smallest absolute Gasteiger partial charge is 0.264 e. The van der Waals surface area contributed by atoms with E-state index < -0.39 is 26.6 Å². The minimum atomic E-state index is -4.23. The van der Waals surface area contributed by atoms with Crippen LogP contribution in [-0.2, 0) is 16.4 Å². The highest BCUT2D eigenvalue weighted by Crippen LogP contribution is 2.24. The first-order chi connectivity index (χ1) is 14.2. The summed E-state index contributed by atoms with van der Waals surface area (Å²) in [5, 5.41) is 3.04. The van der Waals surface area contributed by atoms with Crippen LogP contribution >= 0.6 is 11.6 Å². The molecular weight excluding hydrogens is 429 g/mol. The van der Waals surface area contributed by atoms with Crippen molar-refractivity contribution in [3.05, 3.63) is 82.4 Å². The first-order valence-corrected chi connectivity index (χ1v) is 10.9. The van der Waals surface area contributed by atoms with Crippen molar-refractivity contribution in [2.24, 2.45) is 0 Å². The number of nitrogens with zero attached hydrogens (tertiary/aromatic N) is 1. The van der Waals surface area contributed by atoms with Crippen molar-refractivity contribution < 1.29 is 17.6 Å². The van der Waals surface area contributed by atoms with Crippen LogP contribution < -0.4 is 10.0 Å². The van der Waals surface area contributed by atoms with Gasteiger partial charge in [0, 0.05) is 33.3 Å². The molecule has 3 aromatic rings. The predicted octanol–water partition coefficient (Wildman–Crippen LogP) is 4.80. The molecule has 156 valence electrons. The van der Waals surface area contributed by atoms with Crippen LogP contribution in [0, 0.1) is 12.7 Å². The van der Waals surface area contributed by atoms with Gasteiger partial charge in [0.05, 0.1) is 0 Å². The summed E-state index contributed by atoms with van der Waals surface area (Å²) in [6, 6.07) is 12.6. The number of aryl methyl sites for hydroxylation is 2. The molecular formula is C21H19ClFN3O3S. The topological polar surface area (TPSA) is 88.2 Å². The van der Waals surface area contributed by atoms with Gasteiger partial charge in [-0.2, -0.15) is 0 Å². The summed E-state index contributed by atoms with van der Waals surface area (Å²) >= 11 is 5.79. The fourth-order valence-electron chi connectivity index (χ4n) is 2.77. The van der Waals surface area contributed by atoms with E-state index in [9.17, 15) is 17.6 Å². The normalized spacial score (nSPS) is 11.2. The Hall–Kier alpha value is -2.97. The number of aromatic nitrogens is 1. The SMILES string of the molecule is CCc1cc(C(=O)Nc2ccc(F)c(S(=O)(=O)Nc3ccc(Cl)cc3)c2)cc(C)n1. The van der Waals surface area contributed by atoms with Gasteiger partial charge in [-0.05, 0) is 67.9 Å². The van der Waals surface area contributed by atoms with Crippen LogP contribution in [-0.4, -0.2) is 19.3 Å². The third kappa shape index (κ3) is 5.14. The second-order valence-corrected chi connectivity index (χ2v) is 8.64. The lowest BCUT2D eigenvalue weighted by Crippen LogP contribution is -2.17. The summed E-state index contributed by atoms with van der Waals surface area (Å²) in [6.07, 6.45) is 0.664. The van der Waals surface area contributed by atoms with E-state index >= 15 is 0 Å². The van der Waals surface area contributed by atoms with Gasteiger partial charge in [-0.15, -0.1) is 0 Å². The third-order valence-corrected chi connectivity index (χ3v) is 5.85. The van der Waals surface area contributed by atoms with E-state index in [1.165, 1.54) is 30.3 Å². The molecule has 3 rings (SSSR count). The molecule has 1 aromatic heterocycles. The maximum atomic E-state index is 14.3. The maximum Gasteiger partial charge on any atom is 0.264 e. The Morgan fingerprint density at radius 2 is 1.73 bits per heavy atom. The molecule has 0 fully saturated rings. The van der Waals surface area contributed by atoms with E-state index in [0.717, 1.165) is 17.8 Å². The number of rotatable bonds is 6. The van der Waals surface area contributed by atoms with Crippen molar-refractivity contribution in [3.8, 4) is 0 Å². The summed E-state index contributed by atoms with van der Waals surface area (Å²) in [5.41, 5.74) is 2.20. The van der Waals surface area contributed by atoms with Crippen LogP contribution in [0.2, 0.25) is 5.02 Å². The molecule has 0 unspecified atom stereocenters. The Morgan fingerprint density at radius 1 is 1.07 bits per heavy atom. The predicted molar refractivity (Wildman–Crippen MR) is 115 cm³/mol. The zero-order chi connectivity index (χ0) is 21.9. The highest BCUT2D eigenvalue weighted by atomic mass is 35.5. The van der Waals surface area contributed by atoms with E-state index in [0.29, 0.717) is 22.7 Å². The van der Waals surface area contributed by atoms with Crippen LogP contribution in [0.25, 0.3) is 0 Å². The van der Waals surface area contributed by atoms with Gasteiger partial charge in [0.25, 0.3) is 15.9 Å². The molecule has 1 heterocycles. The Morgan fingerprint density at radius 3 is 2.40 bits per heavy atom. The molecule has 2 N–H and O–H groups in total. The van der Waals surface area contributed by atoms with E-state index in [1.54, 1.807) is 19.1 Å². The quantitative estimate of drug-likeness (QED) is 0.568. The Balaban J connectivity index is 1.86. The summed E-state index contributed by atoms with van der Waals surface area (Å²) in [5.74, 6) is -1.39. The van der Waals surface area contributed by atoms with Crippen molar-refractivity contribution in [2.45, 2.75) is 25.2 Å². The Labute approximate surface area is 179 Å². The van der Waals surface area contributed by atoms with Crippen LogP contribution in [0.3, 0.4) is 0 Å². The Kier molecular flexibility index (Phi) is 6.38. The van der Waals surface area contributed by atoms with Crippen molar-refractivity contribution in [3.63, 3.8) is 0 Å². The van der Waals surface area contributed by atoms with Crippen LogP contribution in [0.4, 0.5) is 15.8 Å². The lowest BCUT2D eigenvalue weighted by atomic mass is 10.1. The number of carbonyl (C=O) groups excluding carboxylic acids is 1. The molecule has 2 aromatic carbocycles. The van der Waals surface area contributed by atoms with Gasteiger partial charge in [-0.3, -0.25) is 14.5 Å². The molecule has 0 atom stereocenters. The van der Waals surface area contributed by atoms with E-state index in [-0.39, 0.29) is 11.4 Å². The standard InChI is InChI=1S/C21H19ClFN3O3S/c1-3-16-11-14(10-13(2)24-16)21(27)25-18-8-9-19(23)20(12-18)30(28,29)26-17-6-4-15(22)5-7-17/h4-12,26H,3H2,1-2H3,(H,25,27). The van der Waals surface area contributed by atoms with Gasteiger partial charge in [0.2, 0.25) is 0 Å².